The van der Waals surface area contributed by atoms with Gasteiger partial charge in [-0.25, -0.2) is 0 Å². The Hall–Kier alpha value is -5.37. The second kappa shape index (κ2) is 17.2. The zero-order valence-electron chi connectivity index (χ0n) is 25.9. The summed E-state index contributed by atoms with van der Waals surface area (Å²) in [4.78, 5) is 76.4. The predicted octanol–water partition coefficient (Wildman–Crippen LogP) is 3.18. The molecule has 0 aliphatic rings. The predicted molar refractivity (Wildman–Crippen MR) is 170 cm³/mol. The van der Waals surface area contributed by atoms with E-state index in [1.807, 2.05) is 48.5 Å². The van der Waals surface area contributed by atoms with Gasteiger partial charge < -0.3 is 21.1 Å². The number of para-hydroxylation sites is 1. The Morgan fingerprint density at radius 3 is 2.22 bits per heavy atom. The second-order valence-corrected chi connectivity index (χ2v) is 11.2. The Bertz CT molecular complexity index is 1620. The second-order valence-electron chi connectivity index (χ2n) is 11.2. The first-order valence-corrected chi connectivity index (χ1v) is 15.1. The van der Waals surface area contributed by atoms with Gasteiger partial charge in [-0.3, -0.25) is 28.8 Å². The van der Waals surface area contributed by atoms with Crippen LogP contribution in [0.5, 0.6) is 5.75 Å². The number of nitrogens with zero attached hydrogens (tertiary/aromatic N) is 1. The van der Waals surface area contributed by atoms with Gasteiger partial charge in [0.05, 0.1) is 31.0 Å². The number of rotatable bonds is 17. The Balaban J connectivity index is 1.59. The minimum atomic E-state index is -1.27. The van der Waals surface area contributed by atoms with Crippen LogP contribution in [0.1, 0.15) is 45.1 Å². The van der Waals surface area contributed by atoms with Crippen molar-refractivity contribution in [3.8, 4) is 11.8 Å². The first kappa shape index (κ1) is 35.1. The highest BCUT2D eigenvalue weighted by Gasteiger charge is 2.34. The highest BCUT2D eigenvalue weighted by molar-refractivity contribution is 6.38. The van der Waals surface area contributed by atoms with Gasteiger partial charge in [0.15, 0.2) is 5.78 Å². The lowest BCUT2D eigenvalue weighted by atomic mass is 9.92. The molecule has 3 aromatic rings. The summed E-state index contributed by atoms with van der Waals surface area (Å²) in [6.07, 6.45) is -0.341. The molecule has 4 unspecified atom stereocenters. The molecule has 46 heavy (non-hydrogen) atoms. The number of nitriles is 1. The molecule has 11 heteroatoms. The van der Waals surface area contributed by atoms with Crippen LogP contribution in [0.15, 0.2) is 72.8 Å². The fraction of sp³-hybridized carbons (Fsp3) is 0.343. The standard InChI is InChI=1S/C35H38N4O7/c1-3-22(2)31(39-34(44)26(15-16-36)20-30(41)46-29-11-5-4-6-12-29)32(42)35(45)38-21-28(40)19-27(33(37)43)18-23-13-14-24-9-7-8-10-25(24)17-23/h4-14,17,22,26-27,31H,3,15,18-21H2,1-2H3,(H2,37,43)(H,38,45)(H,39,44). The van der Waals surface area contributed by atoms with Crippen LogP contribution in [0.3, 0.4) is 0 Å². The van der Waals surface area contributed by atoms with Crippen LogP contribution >= 0.6 is 0 Å². The summed E-state index contributed by atoms with van der Waals surface area (Å²) >= 11 is 0. The van der Waals surface area contributed by atoms with Gasteiger partial charge in [-0.1, -0.05) is 80.9 Å². The molecule has 3 amide bonds. The maximum absolute atomic E-state index is 13.1. The summed E-state index contributed by atoms with van der Waals surface area (Å²) in [5.74, 6) is -6.89. The number of nitrogens with two attached hydrogens (primary N) is 1. The zero-order valence-corrected chi connectivity index (χ0v) is 25.9. The molecule has 0 saturated carbocycles. The monoisotopic (exact) mass is 626 g/mol. The van der Waals surface area contributed by atoms with Crippen LogP contribution in [0.2, 0.25) is 0 Å². The van der Waals surface area contributed by atoms with Gasteiger partial charge in [-0.15, -0.1) is 0 Å². The molecule has 0 bridgehead atoms. The molecule has 0 fully saturated rings. The minimum Gasteiger partial charge on any atom is -0.427 e. The van der Waals surface area contributed by atoms with E-state index in [0.29, 0.717) is 6.42 Å². The van der Waals surface area contributed by atoms with Crippen molar-refractivity contribution >= 4 is 46.0 Å². The Morgan fingerprint density at radius 2 is 1.57 bits per heavy atom. The molecule has 11 nitrogen and oxygen atoms in total. The molecule has 3 aromatic carbocycles. The number of hydrogen-bond donors (Lipinski definition) is 3. The molecular formula is C35H38N4O7. The van der Waals surface area contributed by atoms with Crippen molar-refractivity contribution in [1.82, 2.24) is 10.6 Å². The summed E-state index contributed by atoms with van der Waals surface area (Å²) in [5.41, 5.74) is 6.40. The van der Waals surface area contributed by atoms with Crippen LogP contribution in [-0.2, 0) is 35.2 Å². The number of hydrogen-bond acceptors (Lipinski definition) is 8. The van der Waals surface area contributed by atoms with E-state index in [4.69, 9.17) is 10.5 Å². The molecule has 0 aliphatic heterocycles. The van der Waals surface area contributed by atoms with E-state index in [2.05, 4.69) is 10.6 Å². The highest BCUT2D eigenvalue weighted by atomic mass is 16.5. The molecule has 0 saturated heterocycles. The maximum atomic E-state index is 13.1. The molecular weight excluding hydrogens is 588 g/mol. The van der Waals surface area contributed by atoms with Crippen molar-refractivity contribution in [2.24, 2.45) is 23.5 Å². The smallest absolute Gasteiger partial charge is 0.312 e. The van der Waals surface area contributed by atoms with Gasteiger partial charge >= 0.3 is 5.97 Å². The van der Waals surface area contributed by atoms with Gasteiger partial charge in [0, 0.05) is 18.8 Å². The van der Waals surface area contributed by atoms with Gasteiger partial charge in [0.25, 0.3) is 5.91 Å². The quantitative estimate of drug-likeness (QED) is 0.116. The Kier molecular flexibility index (Phi) is 13.1. The van der Waals surface area contributed by atoms with Gasteiger partial charge in [-0.05, 0) is 40.8 Å². The molecule has 4 N–H and O–H groups in total. The summed E-state index contributed by atoms with van der Waals surface area (Å²) in [7, 11) is 0. The number of ketones is 2. The van der Waals surface area contributed by atoms with Crippen molar-refractivity contribution in [3.05, 3.63) is 78.4 Å². The minimum absolute atomic E-state index is 0.226. The van der Waals surface area contributed by atoms with E-state index in [1.54, 1.807) is 44.2 Å². The number of carbonyl (C=O) groups is 6. The number of Topliss-reactive ketones (excluding diaryl/α,β-unsaturated/α-hetero) is 2. The van der Waals surface area contributed by atoms with E-state index >= 15 is 0 Å². The van der Waals surface area contributed by atoms with Crippen molar-refractivity contribution in [2.45, 2.75) is 52.0 Å². The summed E-state index contributed by atoms with van der Waals surface area (Å²) in [5, 5.41) is 16.1. The molecule has 0 heterocycles. The summed E-state index contributed by atoms with van der Waals surface area (Å²) < 4.78 is 5.23. The molecule has 0 spiro atoms. The first-order valence-electron chi connectivity index (χ1n) is 15.1. The third-order valence-corrected chi connectivity index (χ3v) is 7.73. The maximum Gasteiger partial charge on any atom is 0.312 e. The third-order valence-electron chi connectivity index (χ3n) is 7.73. The molecule has 4 atom stereocenters. The molecule has 0 aliphatic carbocycles. The average molecular weight is 627 g/mol. The van der Waals surface area contributed by atoms with E-state index in [1.165, 1.54) is 0 Å². The fourth-order valence-corrected chi connectivity index (χ4v) is 4.88. The number of primary amides is 1. The number of amides is 3. The fourth-order valence-electron chi connectivity index (χ4n) is 4.88. The first-order chi connectivity index (χ1) is 22.0. The number of nitrogens with one attached hydrogen (secondary N) is 2. The number of esters is 1. The van der Waals surface area contributed by atoms with Crippen molar-refractivity contribution in [3.63, 3.8) is 0 Å². The Morgan fingerprint density at radius 1 is 0.891 bits per heavy atom. The number of benzene rings is 3. The van der Waals surface area contributed by atoms with Gasteiger partial charge in [-0.2, -0.15) is 5.26 Å². The van der Waals surface area contributed by atoms with E-state index in [0.717, 1.165) is 16.3 Å². The SMILES string of the molecule is CCC(C)C(NC(=O)C(CC#N)CC(=O)Oc1ccccc1)C(=O)C(=O)NCC(=O)CC(Cc1ccc2ccccc2c1)C(N)=O. The van der Waals surface area contributed by atoms with Crippen molar-refractivity contribution < 1.29 is 33.5 Å². The Labute approximate surface area is 267 Å². The average Bonchev–Trinajstić information content (AvgIpc) is 3.05. The largest absolute Gasteiger partial charge is 0.427 e. The normalized spacial score (nSPS) is 13.3. The van der Waals surface area contributed by atoms with E-state index in [9.17, 15) is 34.0 Å². The van der Waals surface area contributed by atoms with Crippen LogP contribution in [0.25, 0.3) is 10.8 Å². The van der Waals surface area contributed by atoms with E-state index < -0.39 is 72.0 Å². The highest BCUT2D eigenvalue weighted by Crippen LogP contribution is 2.20. The molecule has 240 valence electrons. The topological polar surface area (TPSA) is 186 Å². The summed E-state index contributed by atoms with van der Waals surface area (Å²) in [6, 6.07) is 22.2. The third kappa shape index (κ3) is 10.4. The van der Waals surface area contributed by atoms with Crippen LogP contribution in [-0.4, -0.2) is 47.8 Å². The van der Waals surface area contributed by atoms with E-state index in [-0.39, 0.29) is 25.0 Å². The lowest BCUT2D eigenvalue weighted by Gasteiger charge is -2.24. The molecule has 3 rings (SSSR count). The van der Waals surface area contributed by atoms with Crippen LogP contribution in [0, 0.1) is 29.1 Å². The van der Waals surface area contributed by atoms with Crippen LogP contribution in [0.4, 0.5) is 0 Å². The molecule has 0 aromatic heterocycles. The van der Waals surface area contributed by atoms with Gasteiger partial charge in [0.2, 0.25) is 17.6 Å². The number of carbonyl (C=O) groups excluding carboxylic acids is 6. The zero-order chi connectivity index (χ0) is 33.6. The lowest BCUT2D eigenvalue weighted by molar-refractivity contribution is -0.142. The number of ether oxygens (including phenoxy) is 1. The van der Waals surface area contributed by atoms with Crippen LogP contribution < -0.4 is 21.1 Å². The van der Waals surface area contributed by atoms with Crippen molar-refractivity contribution in [2.75, 3.05) is 6.54 Å². The summed E-state index contributed by atoms with van der Waals surface area (Å²) in [6.45, 7) is 2.91. The number of fused-ring (bicyclic) bond motifs is 1. The van der Waals surface area contributed by atoms with Crippen molar-refractivity contribution in [1.29, 1.82) is 5.26 Å². The molecule has 0 radical (unpaired) electrons. The van der Waals surface area contributed by atoms with Gasteiger partial charge in [0.1, 0.15) is 5.75 Å². The lowest BCUT2D eigenvalue weighted by Crippen LogP contribution is -2.52.